The van der Waals surface area contributed by atoms with Crippen molar-refractivity contribution in [3.8, 4) is 28.4 Å². The van der Waals surface area contributed by atoms with Gasteiger partial charge < -0.3 is 14.2 Å². The van der Waals surface area contributed by atoms with Gasteiger partial charge in [0.1, 0.15) is 18.5 Å². The first-order valence-electron chi connectivity index (χ1n) is 9.89. The topological polar surface area (TPSA) is 71.1 Å². The van der Waals surface area contributed by atoms with Crippen LogP contribution in [0.5, 0.6) is 17.2 Å². The molecule has 1 aliphatic heterocycles. The average Bonchev–Trinajstić information content (AvgIpc) is 3.21. The lowest BCUT2D eigenvalue weighted by Gasteiger charge is -2.16. The summed E-state index contributed by atoms with van der Waals surface area (Å²) >= 11 is 0. The minimum atomic E-state index is -3.85. The zero-order chi connectivity index (χ0) is 22.0. The van der Waals surface area contributed by atoms with E-state index in [0.29, 0.717) is 23.7 Å². The van der Waals surface area contributed by atoms with Crippen LogP contribution in [0.1, 0.15) is 11.1 Å². The number of hydrogen-bond donors (Lipinski definition) is 0. The molecule has 3 aromatic carbocycles. The van der Waals surface area contributed by atoms with Gasteiger partial charge in [-0.2, -0.15) is 8.42 Å². The van der Waals surface area contributed by atoms with Crippen LogP contribution in [0.25, 0.3) is 11.1 Å². The van der Waals surface area contributed by atoms with E-state index in [0.717, 1.165) is 22.3 Å². The third-order valence-electron chi connectivity index (χ3n) is 5.24. The summed E-state index contributed by atoms with van der Waals surface area (Å²) in [6.07, 6.45) is 0.145. The largest absolute Gasteiger partial charge is 0.493 e. The zero-order valence-electron chi connectivity index (χ0n) is 17.6. The van der Waals surface area contributed by atoms with Crippen LogP contribution in [0.2, 0.25) is 0 Å². The lowest BCUT2D eigenvalue weighted by molar-refractivity contribution is 0.152. The summed E-state index contributed by atoms with van der Waals surface area (Å²) in [7, 11) is -0.662. The fraction of sp³-hybridized carbons (Fsp3) is 0.250. The summed E-state index contributed by atoms with van der Waals surface area (Å²) in [6.45, 7) is 1.83. The van der Waals surface area contributed by atoms with Crippen molar-refractivity contribution in [2.24, 2.45) is 0 Å². The van der Waals surface area contributed by atoms with E-state index in [2.05, 4.69) is 0 Å². The molecule has 0 aromatic heterocycles. The molecule has 31 heavy (non-hydrogen) atoms. The number of benzene rings is 3. The number of methoxy groups -OCH3 is 2. The molecular weight excluding hydrogens is 416 g/mol. The Morgan fingerprint density at radius 2 is 1.65 bits per heavy atom. The Bertz CT molecular complexity index is 1190. The lowest BCUT2D eigenvalue weighted by atomic mass is 9.99. The summed E-state index contributed by atoms with van der Waals surface area (Å²) in [6, 6.07) is 18.1. The third-order valence-corrected chi connectivity index (χ3v) is 6.54. The molecule has 1 unspecified atom stereocenters. The molecule has 0 amide bonds. The first-order valence-corrected chi connectivity index (χ1v) is 11.3. The second-order valence-electron chi connectivity index (χ2n) is 7.33. The maximum atomic E-state index is 12.5. The monoisotopic (exact) mass is 440 g/mol. The first-order chi connectivity index (χ1) is 14.9. The van der Waals surface area contributed by atoms with E-state index in [4.69, 9.17) is 18.4 Å². The molecule has 0 saturated heterocycles. The second kappa shape index (κ2) is 8.61. The molecule has 0 spiro atoms. The highest BCUT2D eigenvalue weighted by atomic mass is 32.2. The lowest BCUT2D eigenvalue weighted by Crippen LogP contribution is -2.23. The van der Waals surface area contributed by atoms with Gasteiger partial charge in [0.25, 0.3) is 10.1 Å². The molecule has 1 atom stereocenters. The minimum Gasteiger partial charge on any atom is -0.493 e. The minimum absolute atomic E-state index is 0.0699. The van der Waals surface area contributed by atoms with Crippen molar-refractivity contribution in [2.45, 2.75) is 24.3 Å². The van der Waals surface area contributed by atoms with E-state index in [1.807, 2.05) is 43.3 Å². The van der Waals surface area contributed by atoms with Crippen molar-refractivity contribution in [1.82, 2.24) is 0 Å². The van der Waals surface area contributed by atoms with Crippen molar-refractivity contribution >= 4 is 10.1 Å². The highest BCUT2D eigenvalue weighted by molar-refractivity contribution is 7.86. The van der Waals surface area contributed by atoms with Gasteiger partial charge in [-0.1, -0.05) is 48.0 Å². The molecule has 0 fully saturated rings. The fourth-order valence-corrected chi connectivity index (χ4v) is 4.62. The van der Waals surface area contributed by atoms with Gasteiger partial charge in [0.05, 0.1) is 19.1 Å². The van der Waals surface area contributed by atoms with Crippen LogP contribution in [0, 0.1) is 6.92 Å². The van der Waals surface area contributed by atoms with Gasteiger partial charge in [0, 0.05) is 17.5 Å². The number of ether oxygens (including phenoxy) is 3. The Hall–Kier alpha value is -3.03. The van der Waals surface area contributed by atoms with E-state index in [-0.39, 0.29) is 11.5 Å². The van der Waals surface area contributed by atoms with Crippen LogP contribution in [-0.2, 0) is 20.7 Å². The first kappa shape index (κ1) is 21.2. The Morgan fingerprint density at radius 1 is 0.935 bits per heavy atom. The summed E-state index contributed by atoms with van der Waals surface area (Å²) in [5.41, 5.74) is 3.67. The molecule has 6 nitrogen and oxygen atoms in total. The van der Waals surface area contributed by atoms with E-state index in [1.54, 1.807) is 38.5 Å². The zero-order valence-corrected chi connectivity index (χ0v) is 18.4. The smallest absolute Gasteiger partial charge is 0.297 e. The van der Waals surface area contributed by atoms with Gasteiger partial charge in [-0.05, 0) is 30.7 Å². The Balaban J connectivity index is 1.55. The van der Waals surface area contributed by atoms with Gasteiger partial charge in [-0.15, -0.1) is 0 Å². The van der Waals surface area contributed by atoms with Crippen LogP contribution < -0.4 is 14.2 Å². The molecule has 1 aliphatic rings. The molecule has 0 radical (unpaired) electrons. The second-order valence-corrected chi connectivity index (χ2v) is 8.95. The number of fused-ring (bicyclic) bond motifs is 1. The number of para-hydroxylation sites is 2. The highest BCUT2D eigenvalue weighted by Crippen LogP contribution is 2.45. The van der Waals surface area contributed by atoms with Crippen LogP contribution in [0.3, 0.4) is 0 Å². The van der Waals surface area contributed by atoms with Crippen molar-refractivity contribution in [3.05, 3.63) is 71.8 Å². The van der Waals surface area contributed by atoms with Crippen LogP contribution >= 0.6 is 0 Å². The maximum absolute atomic E-state index is 12.5. The molecule has 0 N–H and O–H groups in total. The SMILES string of the molecule is COc1cccc(-c2cccc3c2OC(COS(=O)(=O)c2ccc(C)cc2)C3)c1OC. The van der Waals surface area contributed by atoms with Crippen molar-refractivity contribution in [3.63, 3.8) is 0 Å². The standard InChI is InChI=1S/C24H24O6S/c1-16-10-12-19(13-11-16)31(25,26)29-15-18-14-17-6-4-7-20(23(17)30-18)21-8-5-9-22(27-2)24(21)28-3/h4-13,18H,14-15H2,1-3H3. The molecule has 3 aromatic rings. The predicted molar refractivity (Wildman–Crippen MR) is 117 cm³/mol. The van der Waals surface area contributed by atoms with Gasteiger partial charge in [-0.25, -0.2) is 0 Å². The van der Waals surface area contributed by atoms with Crippen molar-refractivity contribution < 1.29 is 26.8 Å². The van der Waals surface area contributed by atoms with E-state index >= 15 is 0 Å². The Labute approximate surface area is 182 Å². The fourth-order valence-electron chi connectivity index (χ4n) is 3.68. The molecule has 1 heterocycles. The van der Waals surface area contributed by atoms with E-state index in [1.165, 1.54) is 0 Å². The van der Waals surface area contributed by atoms with Crippen LogP contribution in [0.15, 0.2) is 65.6 Å². The molecule has 4 rings (SSSR count). The van der Waals surface area contributed by atoms with Gasteiger partial charge in [-0.3, -0.25) is 4.18 Å². The molecule has 0 bridgehead atoms. The summed E-state index contributed by atoms with van der Waals surface area (Å²) in [5.74, 6) is 1.94. The quantitative estimate of drug-likeness (QED) is 0.508. The van der Waals surface area contributed by atoms with Gasteiger partial charge in [0.2, 0.25) is 0 Å². The molecule has 7 heteroatoms. The Kier molecular flexibility index (Phi) is 5.89. The predicted octanol–water partition coefficient (Wildman–Crippen LogP) is 4.39. The van der Waals surface area contributed by atoms with Gasteiger partial charge >= 0.3 is 0 Å². The number of hydrogen-bond acceptors (Lipinski definition) is 6. The summed E-state index contributed by atoms with van der Waals surface area (Å²) in [5, 5.41) is 0. The normalized spacial score (nSPS) is 15.3. The highest BCUT2D eigenvalue weighted by Gasteiger charge is 2.29. The van der Waals surface area contributed by atoms with Crippen LogP contribution in [0.4, 0.5) is 0 Å². The molecule has 0 aliphatic carbocycles. The van der Waals surface area contributed by atoms with E-state index in [9.17, 15) is 8.42 Å². The molecule has 162 valence electrons. The average molecular weight is 441 g/mol. The maximum Gasteiger partial charge on any atom is 0.297 e. The van der Waals surface area contributed by atoms with Gasteiger partial charge in [0.15, 0.2) is 11.5 Å². The molecular formula is C24H24O6S. The van der Waals surface area contributed by atoms with Crippen molar-refractivity contribution in [1.29, 1.82) is 0 Å². The Morgan fingerprint density at radius 3 is 2.35 bits per heavy atom. The van der Waals surface area contributed by atoms with Crippen LogP contribution in [-0.4, -0.2) is 35.3 Å². The number of aryl methyl sites for hydroxylation is 1. The molecule has 0 saturated carbocycles. The summed E-state index contributed by atoms with van der Waals surface area (Å²) in [4.78, 5) is 0.135. The number of rotatable bonds is 7. The summed E-state index contributed by atoms with van der Waals surface area (Å²) < 4.78 is 47.4. The van der Waals surface area contributed by atoms with Crippen molar-refractivity contribution in [2.75, 3.05) is 20.8 Å². The third kappa shape index (κ3) is 4.24. The van der Waals surface area contributed by atoms with E-state index < -0.39 is 16.2 Å².